The van der Waals surface area contributed by atoms with Crippen LogP contribution in [0.15, 0.2) is 53.0 Å². The van der Waals surface area contributed by atoms with E-state index in [0.29, 0.717) is 11.3 Å². The Bertz CT molecular complexity index is 676. The van der Waals surface area contributed by atoms with Crippen molar-refractivity contribution < 1.29 is 14.0 Å². The Labute approximate surface area is 129 Å². The minimum Gasteiger partial charge on any atom is -0.343 e. The van der Waals surface area contributed by atoms with Gasteiger partial charge in [-0.05, 0) is 36.4 Å². The Morgan fingerprint density at radius 3 is 2.57 bits per heavy atom. The number of carbonyl (C=O) groups is 2. The molecule has 0 aliphatic rings. The Kier molecular flexibility index (Phi) is 5.05. The molecule has 0 aliphatic carbocycles. The van der Waals surface area contributed by atoms with Crippen molar-refractivity contribution in [3.05, 3.63) is 64.4 Å². The number of hydrogen-bond acceptors (Lipinski definition) is 2. The number of anilines is 1. The molecule has 4 nitrogen and oxygen atoms in total. The first-order chi connectivity index (χ1) is 10.0. The van der Waals surface area contributed by atoms with Crippen LogP contribution in [0.5, 0.6) is 0 Å². The molecule has 0 unspecified atom stereocenters. The molecule has 6 heteroatoms. The summed E-state index contributed by atoms with van der Waals surface area (Å²) >= 11 is 3.27. The Morgan fingerprint density at radius 1 is 1.10 bits per heavy atom. The summed E-state index contributed by atoms with van der Waals surface area (Å²) in [5, 5.41) is 4.99. The summed E-state index contributed by atoms with van der Waals surface area (Å²) in [4.78, 5) is 23.5. The largest absolute Gasteiger partial charge is 0.343 e. The summed E-state index contributed by atoms with van der Waals surface area (Å²) in [6.45, 7) is -0.193. The number of carbonyl (C=O) groups excluding carboxylic acids is 2. The number of benzene rings is 2. The molecular formula is C15H12BrFN2O2. The smallest absolute Gasteiger partial charge is 0.251 e. The first kappa shape index (κ1) is 15.2. The van der Waals surface area contributed by atoms with E-state index < -0.39 is 11.7 Å². The maximum Gasteiger partial charge on any atom is 0.251 e. The van der Waals surface area contributed by atoms with Gasteiger partial charge in [0.1, 0.15) is 5.82 Å². The quantitative estimate of drug-likeness (QED) is 0.890. The molecule has 0 aromatic heterocycles. The van der Waals surface area contributed by atoms with E-state index >= 15 is 0 Å². The van der Waals surface area contributed by atoms with Gasteiger partial charge in [0, 0.05) is 15.7 Å². The van der Waals surface area contributed by atoms with Crippen LogP contribution in [0.2, 0.25) is 0 Å². The second kappa shape index (κ2) is 6.99. The van der Waals surface area contributed by atoms with Crippen LogP contribution in [-0.2, 0) is 4.79 Å². The van der Waals surface area contributed by atoms with E-state index in [4.69, 9.17) is 0 Å². The molecule has 21 heavy (non-hydrogen) atoms. The van der Waals surface area contributed by atoms with E-state index in [-0.39, 0.29) is 12.5 Å². The lowest BCUT2D eigenvalue weighted by molar-refractivity contribution is -0.115. The van der Waals surface area contributed by atoms with E-state index in [0.717, 1.165) is 4.47 Å². The summed E-state index contributed by atoms with van der Waals surface area (Å²) in [6, 6.07) is 12.4. The Morgan fingerprint density at radius 2 is 1.86 bits per heavy atom. The zero-order chi connectivity index (χ0) is 15.2. The molecule has 2 amide bonds. The normalized spacial score (nSPS) is 10.0. The highest BCUT2D eigenvalue weighted by Crippen LogP contribution is 2.11. The topological polar surface area (TPSA) is 58.2 Å². The third-order valence-corrected chi connectivity index (χ3v) is 3.10. The van der Waals surface area contributed by atoms with Gasteiger partial charge < -0.3 is 10.6 Å². The second-order valence-corrected chi connectivity index (χ2v) is 5.17. The van der Waals surface area contributed by atoms with Gasteiger partial charge in [-0.1, -0.05) is 28.1 Å². The monoisotopic (exact) mass is 350 g/mol. The average Bonchev–Trinajstić information content (AvgIpc) is 2.45. The predicted octanol–water partition coefficient (Wildman–Crippen LogP) is 2.96. The lowest BCUT2D eigenvalue weighted by atomic mass is 10.2. The lowest BCUT2D eigenvalue weighted by Gasteiger charge is -2.07. The SMILES string of the molecule is O=C(CNC(=O)c1cccc(Br)c1)Nc1cccc(F)c1. The van der Waals surface area contributed by atoms with Gasteiger partial charge in [0.15, 0.2) is 0 Å². The van der Waals surface area contributed by atoms with E-state index in [1.165, 1.54) is 18.2 Å². The minimum atomic E-state index is -0.439. The molecule has 2 aromatic rings. The maximum atomic E-state index is 13.0. The highest BCUT2D eigenvalue weighted by atomic mass is 79.9. The standard InChI is InChI=1S/C15H12BrFN2O2/c16-11-4-1-3-10(7-11)15(21)18-9-14(20)19-13-6-2-5-12(17)8-13/h1-8H,9H2,(H,18,21)(H,19,20). The van der Waals surface area contributed by atoms with Crippen LogP contribution < -0.4 is 10.6 Å². The molecule has 0 saturated heterocycles. The fourth-order valence-corrected chi connectivity index (χ4v) is 2.06. The molecule has 0 heterocycles. The van der Waals surface area contributed by atoms with Crippen LogP contribution in [0.25, 0.3) is 0 Å². The van der Waals surface area contributed by atoms with Crippen LogP contribution in [0.3, 0.4) is 0 Å². The summed E-state index contributed by atoms with van der Waals surface area (Å²) in [6.07, 6.45) is 0. The first-order valence-corrected chi connectivity index (χ1v) is 6.93. The summed E-state index contributed by atoms with van der Waals surface area (Å²) < 4.78 is 13.7. The Balaban J connectivity index is 1.88. The summed E-state index contributed by atoms with van der Waals surface area (Å²) in [7, 11) is 0. The van der Waals surface area contributed by atoms with Crippen molar-refractivity contribution in [1.82, 2.24) is 5.32 Å². The first-order valence-electron chi connectivity index (χ1n) is 6.14. The van der Waals surface area contributed by atoms with Gasteiger partial charge in [-0.15, -0.1) is 0 Å². The van der Waals surface area contributed by atoms with Crippen LogP contribution >= 0.6 is 15.9 Å². The van der Waals surface area contributed by atoms with Crippen molar-refractivity contribution in [2.45, 2.75) is 0 Å². The molecule has 0 radical (unpaired) electrons. The molecule has 0 saturated carbocycles. The van der Waals surface area contributed by atoms with Crippen LogP contribution in [-0.4, -0.2) is 18.4 Å². The van der Waals surface area contributed by atoms with Crippen LogP contribution in [0, 0.1) is 5.82 Å². The fourth-order valence-electron chi connectivity index (χ4n) is 1.66. The zero-order valence-electron chi connectivity index (χ0n) is 10.9. The van der Waals surface area contributed by atoms with Crippen LogP contribution in [0.4, 0.5) is 10.1 Å². The van der Waals surface area contributed by atoms with Crippen molar-refractivity contribution in [2.24, 2.45) is 0 Å². The summed E-state index contributed by atoms with van der Waals surface area (Å²) in [5.41, 5.74) is 0.791. The number of nitrogens with one attached hydrogen (secondary N) is 2. The van der Waals surface area contributed by atoms with E-state index in [2.05, 4.69) is 26.6 Å². The van der Waals surface area contributed by atoms with Gasteiger partial charge in [0.2, 0.25) is 5.91 Å². The number of amides is 2. The van der Waals surface area contributed by atoms with Crippen molar-refractivity contribution >= 4 is 33.4 Å². The predicted molar refractivity (Wildman–Crippen MR) is 81.5 cm³/mol. The number of hydrogen-bond donors (Lipinski definition) is 2. The molecule has 0 aliphatic heterocycles. The van der Waals surface area contributed by atoms with E-state index in [9.17, 15) is 14.0 Å². The molecule has 0 fully saturated rings. The Hall–Kier alpha value is -2.21. The maximum absolute atomic E-state index is 13.0. The lowest BCUT2D eigenvalue weighted by Crippen LogP contribution is -2.32. The molecule has 0 bridgehead atoms. The molecular weight excluding hydrogens is 339 g/mol. The van der Waals surface area contributed by atoms with E-state index in [1.54, 1.807) is 30.3 Å². The molecule has 2 aromatic carbocycles. The van der Waals surface area contributed by atoms with E-state index in [1.807, 2.05) is 0 Å². The number of halogens is 2. The molecule has 0 atom stereocenters. The minimum absolute atomic E-state index is 0.193. The van der Waals surface area contributed by atoms with Gasteiger partial charge in [-0.25, -0.2) is 4.39 Å². The van der Waals surface area contributed by atoms with Gasteiger partial charge >= 0.3 is 0 Å². The third-order valence-electron chi connectivity index (χ3n) is 2.60. The van der Waals surface area contributed by atoms with Gasteiger partial charge in [-0.2, -0.15) is 0 Å². The molecule has 0 spiro atoms. The van der Waals surface area contributed by atoms with Crippen molar-refractivity contribution in [3.8, 4) is 0 Å². The molecule has 2 rings (SSSR count). The fraction of sp³-hybridized carbons (Fsp3) is 0.0667. The molecule has 2 N–H and O–H groups in total. The van der Waals surface area contributed by atoms with Gasteiger partial charge in [0.25, 0.3) is 5.91 Å². The average molecular weight is 351 g/mol. The highest BCUT2D eigenvalue weighted by molar-refractivity contribution is 9.10. The number of rotatable bonds is 4. The van der Waals surface area contributed by atoms with Crippen molar-refractivity contribution in [1.29, 1.82) is 0 Å². The second-order valence-electron chi connectivity index (χ2n) is 4.25. The highest BCUT2D eigenvalue weighted by Gasteiger charge is 2.08. The zero-order valence-corrected chi connectivity index (χ0v) is 12.5. The van der Waals surface area contributed by atoms with Gasteiger partial charge in [-0.3, -0.25) is 9.59 Å². The van der Waals surface area contributed by atoms with Gasteiger partial charge in [0.05, 0.1) is 6.54 Å². The molecule has 108 valence electrons. The van der Waals surface area contributed by atoms with Crippen molar-refractivity contribution in [3.63, 3.8) is 0 Å². The van der Waals surface area contributed by atoms with Crippen LogP contribution in [0.1, 0.15) is 10.4 Å². The third kappa shape index (κ3) is 4.68. The summed E-state index contributed by atoms with van der Waals surface area (Å²) in [5.74, 6) is -1.22. The van der Waals surface area contributed by atoms with Crippen molar-refractivity contribution in [2.75, 3.05) is 11.9 Å².